The summed E-state index contributed by atoms with van der Waals surface area (Å²) < 4.78 is 0. The SMILES string of the molecule is CC(C)(C)CC[C@H](O)c1cccc(CC2CCCC2)n1. The second-order valence-corrected chi connectivity index (χ2v) is 7.52. The van der Waals surface area contributed by atoms with E-state index in [0.29, 0.717) is 0 Å². The molecule has 0 bridgehead atoms. The molecular weight excluding hydrogens is 246 g/mol. The van der Waals surface area contributed by atoms with Crippen molar-refractivity contribution >= 4 is 0 Å². The van der Waals surface area contributed by atoms with Crippen molar-refractivity contribution in [3.63, 3.8) is 0 Å². The summed E-state index contributed by atoms with van der Waals surface area (Å²) in [4.78, 5) is 4.69. The number of aliphatic hydroxyl groups is 1. The zero-order valence-electron chi connectivity index (χ0n) is 13.2. The van der Waals surface area contributed by atoms with Gasteiger partial charge in [-0.2, -0.15) is 0 Å². The predicted molar refractivity (Wildman–Crippen MR) is 83.5 cm³/mol. The van der Waals surface area contributed by atoms with E-state index < -0.39 is 6.10 Å². The summed E-state index contributed by atoms with van der Waals surface area (Å²) in [6.45, 7) is 6.64. The number of pyridine rings is 1. The smallest absolute Gasteiger partial charge is 0.0960 e. The molecule has 2 heteroatoms. The molecular formula is C18H29NO. The van der Waals surface area contributed by atoms with Crippen molar-refractivity contribution < 1.29 is 5.11 Å². The Morgan fingerprint density at radius 2 is 1.95 bits per heavy atom. The normalized spacial score (nSPS) is 18.4. The molecule has 1 aliphatic carbocycles. The Hall–Kier alpha value is -0.890. The summed E-state index contributed by atoms with van der Waals surface area (Å²) in [7, 11) is 0. The molecule has 1 atom stereocenters. The van der Waals surface area contributed by atoms with Gasteiger partial charge in [-0.3, -0.25) is 4.98 Å². The molecule has 1 saturated carbocycles. The van der Waals surface area contributed by atoms with E-state index in [-0.39, 0.29) is 5.41 Å². The summed E-state index contributed by atoms with van der Waals surface area (Å²) in [6, 6.07) is 6.12. The molecule has 0 spiro atoms. The molecule has 0 aromatic carbocycles. The van der Waals surface area contributed by atoms with Crippen molar-refractivity contribution in [3.8, 4) is 0 Å². The van der Waals surface area contributed by atoms with E-state index in [0.717, 1.165) is 36.6 Å². The van der Waals surface area contributed by atoms with Crippen LogP contribution in [0.5, 0.6) is 0 Å². The van der Waals surface area contributed by atoms with E-state index in [1.807, 2.05) is 12.1 Å². The summed E-state index contributed by atoms with van der Waals surface area (Å²) in [5.74, 6) is 0.810. The van der Waals surface area contributed by atoms with Crippen LogP contribution in [-0.4, -0.2) is 10.1 Å². The highest BCUT2D eigenvalue weighted by molar-refractivity contribution is 5.14. The molecule has 2 nitrogen and oxygen atoms in total. The summed E-state index contributed by atoms with van der Waals surface area (Å²) in [6.07, 6.45) is 7.91. The highest BCUT2D eigenvalue weighted by Gasteiger charge is 2.18. The quantitative estimate of drug-likeness (QED) is 0.846. The highest BCUT2D eigenvalue weighted by atomic mass is 16.3. The van der Waals surface area contributed by atoms with Crippen LogP contribution < -0.4 is 0 Å². The van der Waals surface area contributed by atoms with Gasteiger partial charge in [-0.15, -0.1) is 0 Å². The van der Waals surface area contributed by atoms with E-state index in [1.165, 1.54) is 25.7 Å². The Labute approximate surface area is 123 Å². The Morgan fingerprint density at radius 1 is 1.25 bits per heavy atom. The molecule has 0 amide bonds. The number of aliphatic hydroxyl groups excluding tert-OH is 1. The average molecular weight is 275 g/mol. The molecule has 1 aromatic heterocycles. The molecule has 20 heavy (non-hydrogen) atoms. The van der Waals surface area contributed by atoms with Crippen molar-refractivity contribution in [2.24, 2.45) is 11.3 Å². The van der Waals surface area contributed by atoms with Gasteiger partial charge in [-0.1, -0.05) is 52.5 Å². The first-order chi connectivity index (χ1) is 9.44. The Morgan fingerprint density at radius 3 is 2.60 bits per heavy atom. The van der Waals surface area contributed by atoms with Crippen LogP contribution in [-0.2, 0) is 6.42 Å². The first kappa shape index (κ1) is 15.5. The van der Waals surface area contributed by atoms with E-state index >= 15 is 0 Å². The van der Waals surface area contributed by atoms with Crippen LogP contribution in [0.4, 0.5) is 0 Å². The number of hydrogen-bond donors (Lipinski definition) is 1. The Bertz CT molecular complexity index is 416. The maximum atomic E-state index is 10.3. The minimum Gasteiger partial charge on any atom is -0.387 e. The molecule has 0 unspecified atom stereocenters. The van der Waals surface area contributed by atoms with Gasteiger partial charge >= 0.3 is 0 Å². The van der Waals surface area contributed by atoms with Gasteiger partial charge in [0.1, 0.15) is 0 Å². The fraction of sp³-hybridized carbons (Fsp3) is 0.722. The molecule has 0 radical (unpaired) electrons. The molecule has 1 aliphatic rings. The van der Waals surface area contributed by atoms with Crippen LogP contribution >= 0.6 is 0 Å². The maximum absolute atomic E-state index is 10.3. The van der Waals surface area contributed by atoms with Crippen molar-refractivity contribution in [2.75, 3.05) is 0 Å². The van der Waals surface area contributed by atoms with Crippen LogP contribution in [0.2, 0.25) is 0 Å². The van der Waals surface area contributed by atoms with Crippen LogP contribution in [0.3, 0.4) is 0 Å². The minimum absolute atomic E-state index is 0.266. The number of nitrogens with zero attached hydrogens (tertiary/aromatic N) is 1. The van der Waals surface area contributed by atoms with Gasteiger partial charge in [0.15, 0.2) is 0 Å². The molecule has 0 saturated heterocycles. The second-order valence-electron chi connectivity index (χ2n) is 7.52. The number of hydrogen-bond acceptors (Lipinski definition) is 2. The molecule has 112 valence electrons. The summed E-state index contributed by atoms with van der Waals surface area (Å²) in [5.41, 5.74) is 2.27. The number of aromatic nitrogens is 1. The third-order valence-electron chi connectivity index (χ3n) is 4.31. The molecule has 1 heterocycles. The summed E-state index contributed by atoms with van der Waals surface area (Å²) in [5, 5.41) is 10.3. The lowest BCUT2D eigenvalue weighted by Crippen LogP contribution is -2.10. The highest BCUT2D eigenvalue weighted by Crippen LogP contribution is 2.29. The van der Waals surface area contributed by atoms with Gasteiger partial charge < -0.3 is 5.11 Å². The zero-order chi connectivity index (χ0) is 14.6. The minimum atomic E-state index is -0.419. The van der Waals surface area contributed by atoms with Gasteiger partial charge in [-0.25, -0.2) is 0 Å². The van der Waals surface area contributed by atoms with E-state index in [1.54, 1.807) is 0 Å². The molecule has 1 N–H and O–H groups in total. The zero-order valence-corrected chi connectivity index (χ0v) is 13.2. The van der Waals surface area contributed by atoms with Gasteiger partial charge in [0, 0.05) is 5.69 Å². The fourth-order valence-corrected chi connectivity index (χ4v) is 3.03. The lowest BCUT2D eigenvalue weighted by atomic mass is 9.88. The van der Waals surface area contributed by atoms with Crippen LogP contribution in [0.15, 0.2) is 18.2 Å². The average Bonchev–Trinajstić information content (AvgIpc) is 2.88. The first-order valence-electron chi connectivity index (χ1n) is 8.08. The van der Waals surface area contributed by atoms with Crippen LogP contribution in [0, 0.1) is 11.3 Å². The van der Waals surface area contributed by atoms with Crippen molar-refractivity contribution in [3.05, 3.63) is 29.6 Å². The van der Waals surface area contributed by atoms with E-state index in [4.69, 9.17) is 0 Å². The summed E-state index contributed by atoms with van der Waals surface area (Å²) >= 11 is 0. The third kappa shape index (κ3) is 4.90. The van der Waals surface area contributed by atoms with Gasteiger partial charge in [0.05, 0.1) is 11.8 Å². The van der Waals surface area contributed by atoms with E-state index in [9.17, 15) is 5.11 Å². The first-order valence-corrected chi connectivity index (χ1v) is 8.08. The van der Waals surface area contributed by atoms with Crippen molar-refractivity contribution in [1.29, 1.82) is 0 Å². The fourth-order valence-electron chi connectivity index (χ4n) is 3.03. The van der Waals surface area contributed by atoms with Crippen LogP contribution in [0.1, 0.15) is 76.8 Å². The van der Waals surface area contributed by atoms with Gasteiger partial charge in [-0.05, 0) is 42.7 Å². The van der Waals surface area contributed by atoms with Crippen molar-refractivity contribution in [2.45, 2.75) is 71.8 Å². The molecule has 2 rings (SSSR count). The van der Waals surface area contributed by atoms with Crippen LogP contribution in [0.25, 0.3) is 0 Å². The Kier molecular flexibility index (Phi) is 5.20. The standard InChI is InChI=1S/C18H29NO/c1-18(2,3)12-11-17(20)16-10-6-9-15(19-16)13-14-7-4-5-8-14/h6,9-10,14,17,20H,4-5,7-8,11-13H2,1-3H3/t17-/m0/s1. The van der Waals surface area contributed by atoms with Gasteiger partial charge in [0.2, 0.25) is 0 Å². The Balaban J connectivity index is 1.94. The number of rotatable bonds is 5. The van der Waals surface area contributed by atoms with Gasteiger partial charge in [0.25, 0.3) is 0 Å². The third-order valence-corrected chi connectivity index (χ3v) is 4.31. The largest absolute Gasteiger partial charge is 0.387 e. The monoisotopic (exact) mass is 275 g/mol. The van der Waals surface area contributed by atoms with Crippen molar-refractivity contribution in [1.82, 2.24) is 4.98 Å². The topological polar surface area (TPSA) is 33.1 Å². The lowest BCUT2D eigenvalue weighted by Gasteiger charge is -2.20. The molecule has 0 aliphatic heterocycles. The molecule has 1 aromatic rings. The predicted octanol–water partition coefficient (Wildman–Crippen LogP) is 4.67. The second kappa shape index (κ2) is 6.71. The van der Waals surface area contributed by atoms with E-state index in [2.05, 4.69) is 31.8 Å². The lowest BCUT2D eigenvalue weighted by molar-refractivity contribution is 0.143. The maximum Gasteiger partial charge on any atom is 0.0960 e. The molecule has 1 fully saturated rings.